The van der Waals surface area contributed by atoms with Crippen molar-refractivity contribution < 1.29 is 14.3 Å². The summed E-state index contributed by atoms with van der Waals surface area (Å²) in [6.07, 6.45) is 0.315. The molecule has 0 bridgehead atoms. The molecule has 4 nitrogen and oxygen atoms in total. The number of aryl methyl sites for hydroxylation is 1. The van der Waals surface area contributed by atoms with Gasteiger partial charge in [0.15, 0.2) is 0 Å². The number of hydrogen-bond acceptors (Lipinski definition) is 5. The molecule has 2 heterocycles. The monoisotopic (exact) mass is 295 g/mol. The minimum absolute atomic E-state index is 0.130. The highest BCUT2D eigenvalue weighted by molar-refractivity contribution is 7.15. The van der Waals surface area contributed by atoms with Crippen molar-refractivity contribution in [2.24, 2.45) is 0 Å². The van der Waals surface area contributed by atoms with Gasteiger partial charge in [-0.25, -0.2) is 4.79 Å². The normalized spacial score (nSPS) is 10.2. The molecular formula is C13H13NO3S2. The second kappa shape index (κ2) is 5.99. The predicted octanol–water partition coefficient (Wildman–Crippen LogP) is 3.09. The summed E-state index contributed by atoms with van der Waals surface area (Å²) in [5.41, 5.74) is 1.25. The molecule has 0 aliphatic rings. The van der Waals surface area contributed by atoms with Crippen molar-refractivity contribution in [3.8, 4) is 0 Å². The summed E-state index contributed by atoms with van der Waals surface area (Å²) in [5.74, 6) is -0.556. The van der Waals surface area contributed by atoms with Crippen LogP contribution in [0, 0.1) is 6.92 Å². The van der Waals surface area contributed by atoms with Crippen molar-refractivity contribution in [2.45, 2.75) is 13.3 Å². The van der Waals surface area contributed by atoms with E-state index in [9.17, 15) is 9.59 Å². The highest BCUT2D eigenvalue weighted by atomic mass is 32.1. The van der Waals surface area contributed by atoms with E-state index in [1.165, 1.54) is 29.8 Å². The Labute approximate surface area is 119 Å². The summed E-state index contributed by atoms with van der Waals surface area (Å²) < 4.78 is 4.72. The molecule has 1 N–H and O–H groups in total. The van der Waals surface area contributed by atoms with Crippen LogP contribution in [0.4, 0.5) is 5.00 Å². The molecule has 1 amide bonds. The first kappa shape index (κ1) is 13.8. The average molecular weight is 295 g/mol. The Hall–Kier alpha value is -1.66. The van der Waals surface area contributed by atoms with Crippen LogP contribution in [0.1, 0.15) is 20.8 Å². The van der Waals surface area contributed by atoms with Crippen molar-refractivity contribution in [3.63, 3.8) is 0 Å². The van der Waals surface area contributed by atoms with Gasteiger partial charge in [-0.2, -0.15) is 0 Å². The van der Waals surface area contributed by atoms with Crippen LogP contribution < -0.4 is 5.32 Å². The average Bonchev–Trinajstić information content (AvgIpc) is 2.99. The van der Waals surface area contributed by atoms with Gasteiger partial charge in [0.25, 0.3) is 0 Å². The van der Waals surface area contributed by atoms with Crippen molar-refractivity contribution in [2.75, 3.05) is 12.4 Å². The number of thiophene rings is 2. The zero-order chi connectivity index (χ0) is 13.8. The molecule has 0 spiro atoms. The predicted molar refractivity (Wildman–Crippen MR) is 77.0 cm³/mol. The molecule has 2 aromatic heterocycles. The van der Waals surface area contributed by atoms with Gasteiger partial charge in [0, 0.05) is 4.88 Å². The Morgan fingerprint density at radius 2 is 2.16 bits per heavy atom. The molecule has 0 radical (unpaired) electrons. The lowest BCUT2D eigenvalue weighted by atomic mass is 10.2. The first-order valence-corrected chi connectivity index (χ1v) is 7.36. The van der Waals surface area contributed by atoms with E-state index in [-0.39, 0.29) is 5.91 Å². The van der Waals surface area contributed by atoms with Crippen LogP contribution in [-0.2, 0) is 16.0 Å². The maximum Gasteiger partial charge on any atom is 0.341 e. The fourth-order valence-corrected chi connectivity index (χ4v) is 3.29. The van der Waals surface area contributed by atoms with E-state index < -0.39 is 5.97 Å². The molecule has 0 saturated heterocycles. The second-order valence-electron chi connectivity index (χ2n) is 3.92. The lowest BCUT2D eigenvalue weighted by Crippen LogP contribution is -2.15. The Balaban J connectivity index is 2.11. The zero-order valence-corrected chi connectivity index (χ0v) is 12.2. The third-order valence-electron chi connectivity index (χ3n) is 2.53. The number of carbonyl (C=O) groups is 2. The summed E-state index contributed by atoms with van der Waals surface area (Å²) in [6.45, 7) is 1.82. The molecule has 6 heteroatoms. The van der Waals surface area contributed by atoms with Gasteiger partial charge in [-0.05, 0) is 29.3 Å². The maximum absolute atomic E-state index is 11.9. The van der Waals surface area contributed by atoms with Crippen LogP contribution in [0.2, 0.25) is 0 Å². The van der Waals surface area contributed by atoms with Crippen LogP contribution in [0.3, 0.4) is 0 Å². The number of carbonyl (C=O) groups excluding carboxylic acids is 2. The lowest BCUT2D eigenvalue weighted by Gasteiger charge is -2.05. The molecule has 0 aromatic carbocycles. The minimum Gasteiger partial charge on any atom is -0.465 e. The van der Waals surface area contributed by atoms with Crippen molar-refractivity contribution in [3.05, 3.63) is 38.9 Å². The van der Waals surface area contributed by atoms with Crippen LogP contribution >= 0.6 is 22.7 Å². The van der Waals surface area contributed by atoms with Crippen molar-refractivity contribution in [1.82, 2.24) is 0 Å². The van der Waals surface area contributed by atoms with E-state index >= 15 is 0 Å². The van der Waals surface area contributed by atoms with Gasteiger partial charge in [-0.3, -0.25) is 4.79 Å². The van der Waals surface area contributed by atoms with E-state index in [1.807, 2.05) is 29.8 Å². The van der Waals surface area contributed by atoms with Gasteiger partial charge in [0.05, 0.1) is 19.1 Å². The van der Waals surface area contributed by atoms with E-state index in [2.05, 4.69) is 5.32 Å². The fourth-order valence-electron chi connectivity index (χ4n) is 1.63. The molecule has 19 heavy (non-hydrogen) atoms. The van der Waals surface area contributed by atoms with Crippen molar-refractivity contribution >= 4 is 39.6 Å². The highest BCUT2D eigenvalue weighted by Crippen LogP contribution is 2.28. The number of nitrogens with one attached hydrogen (secondary N) is 1. The Kier molecular flexibility index (Phi) is 4.34. The quantitative estimate of drug-likeness (QED) is 0.882. The molecule has 0 saturated carbocycles. The number of methoxy groups -OCH3 is 1. The number of rotatable bonds is 4. The Bertz CT molecular complexity index is 587. The van der Waals surface area contributed by atoms with Gasteiger partial charge in [-0.15, -0.1) is 22.7 Å². The number of hydrogen-bond donors (Lipinski definition) is 1. The SMILES string of the molecule is COC(=O)c1c(C)csc1NC(=O)Cc1cccs1. The number of anilines is 1. The van der Waals surface area contributed by atoms with E-state index in [1.54, 1.807) is 0 Å². The fraction of sp³-hybridized carbons (Fsp3) is 0.231. The first-order chi connectivity index (χ1) is 9.11. The summed E-state index contributed by atoms with van der Waals surface area (Å²) in [7, 11) is 1.33. The molecule has 100 valence electrons. The molecular weight excluding hydrogens is 282 g/mol. The second-order valence-corrected chi connectivity index (χ2v) is 5.83. The van der Waals surface area contributed by atoms with E-state index in [0.29, 0.717) is 17.0 Å². The number of ether oxygens (including phenoxy) is 1. The highest BCUT2D eigenvalue weighted by Gasteiger charge is 2.19. The smallest absolute Gasteiger partial charge is 0.341 e. The third kappa shape index (κ3) is 3.21. The molecule has 0 aliphatic carbocycles. The van der Waals surface area contributed by atoms with E-state index in [4.69, 9.17) is 4.74 Å². The summed E-state index contributed by atoms with van der Waals surface area (Å²) in [5, 5.41) is 7.07. The molecule has 0 unspecified atom stereocenters. The van der Waals surface area contributed by atoms with Gasteiger partial charge >= 0.3 is 5.97 Å². The number of amides is 1. The number of esters is 1. The van der Waals surface area contributed by atoms with Gasteiger partial charge in [-0.1, -0.05) is 6.07 Å². The topological polar surface area (TPSA) is 55.4 Å². The molecule has 2 rings (SSSR count). The Morgan fingerprint density at radius 1 is 1.37 bits per heavy atom. The largest absolute Gasteiger partial charge is 0.465 e. The van der Waals surface area contributed by atoms with Crippen molar-refractivity contribution in [1.29, 1.82) is 0 Å². The minimum atomic E-state index is -0.426. The van der Waals surface area contributed by atoms with Crippen LogP contribution in [0.5, 0.6) is 0 Å². The lowest BCUT2D eigenvalue weighted by molar-refractivity contribution is -0.115. The summed E-state index contributed by atoms with van der Waals surface area (Å²) in [4.78, 5) is 24.5. The molecule has 0 aliphatic heterocycles. The first-order valence-electron chi connectivity index (χ1n) is 5.60. The Morgan fingerprint density at radius 3 is 2.79 bits per heavy atom. The third-order valence-corrected chi connectivity index (χ3v) is 4.42. The molecule has 0 atom stereocenters. The molecule has 0 fully saturated rings. The summed E-state index contributed by atoms with van der Waals surface area (Å²) >= 11 is 2.86. The van der Waals surface area contributed by atoms with Crippen LogP contribution in [-0.4, -0.2) is 19.0 Å². The van der Waals surface area contributed by atoms with Gasteiger partial charge in [0.1, 0.15) is 5.00 Å². The van der Waals surface area contributed by atoms with Crippen LogP contribution in [0.25, 0.3) is 0 Å². The molecule has 2 aromatic rings. The standard InChI is InChI=1S/C13H13NO3S2/c1-8-7-19-12(11(8)13(16)17-2)14-10(15)6-9-4-3-5-18-9/h3-5,7H,6H2,1-2H3,(H,14,15). The summed E-state index contributed by atoms with van der Waals surface area (Å²) in [6, 6.07) is 3.81. The van der Waals surface area contributed by atoms with Gasteiger partial charge in [0.2, 0.25) is 5.91 Å². The van der Waals surface area contributed by atoms with Gasteiger partial charge < -0.3 is 10.1 Å². The zero-order valence-electron chi connectivity index (χ0n) is 10.6. The maximum atomic E-state index is 11.9. The van der Waals surface area contributed by atoms with Crippen LogP contribution in [0.15, 0.2) is 22.9 Å². The van der Waals surface area contributed by atoms with E-state index in [0.717, 1.165) is 10.4 Å².